The molecule has 1 heterocycles. The number of halogens is 4. The second kappa shape index (κ2) is 13.4. The molecule has 2 atom stereocenters. The topological polar surface area (TPSA) is 43.7 Å². The highest BCUT2D eigenvalue weighted by Crippen LogP contribution is 2.37. The number of ether oxygens (including phenoxy) is 2. The summed E-state index contributed by atoms with van der Waals surface area (Å²) in [6, 6.07) is 11.7. The molecule has 0 fully saturated rings. The van der Waals surface area contributed by atoms with Crippen LogP contribution in [0.3, 0.4) is 0 Å². The first-order valence-corrected chi connectivity index (χ1v) is 13.7. The summed E-state index contributed by atoms with van der Waals surface area (Å²) in [5.41, 5.74) is 0.517. The van der Waals surface area contributed by atoms with Gasteiger partial charge in [-0.2, -0.15) is 13.2 Å². The third kappa shape index (κ3) is 7.49. The van der Waals surface area contributed by atoms with Gasteiger partial charge >= 0.3 is 12.1 Å². The number of carbonyl (C=O) groups excluding carboxylic acids is 1. The molecule has 214 valence electrons. The van der Waals surface area contributed by atoms with Crippen molar-refractivity contribution in [3.05, 3.63) is 89.1 Å². The summed E-state index contributed by atoms with van der Waals surface area (Å²) in [5, 5.41) is 0.650. The average Bonchev–Trinajstić information content (AvgIpc) is 3.35. The number of rotatable bonds is 12. The van der Waals surface area contributed by atoms with Gasteiger partial charge in [0, 0.05) is 31.2 Å². The average molecular weight is 575 g/mol. The van der Waals surface area contributed by atoms with Crippen LogP contribution in [-0.4, -0.2) is 42.2 Å². The van der Waals surface area contributed by atoms with Gasteiger partial charge < -0.3 is 14.0 Å². The Morgan fingerprint density at radius 1 is 1.18 bits per heavy atom. The highest BCUT2D eigenvalue weighted by atomic mass is 35.5. The molecule has 1 unspecified atom stereocenters. The van der Waals surface area contributed by atoms with Gasteiger partial charge in [0.1, 0.15) is 12.3 Å². The number of methoxy groups -OCH3 is 1. The van der Waals surface area contributed by atoms with Crippen LogP contribution in [0.25, 0.3) is 10.9 Å². The standard InChI is InChI=1S/C31H34ClF3N2O3/c1-22(23-9-4-3-5-10-23)19-36(20-24-11-6-12-26(30(24)32)31(33,34)35)16-8-18-40-28-14-7-13-27-25(28)15-17-37(27)21-29(38)39-2/h3-7,9,11-15,17,22-23H,8,10,16,18-21H2,1-2H3/t22-,23?/m0/s1. The van der Waals surface area contributed by atoms with Crippen molar-refractivity contribution in [1.82, 2.24) is 9.47 Å². The van der Waals surface area contributed by atoms with Crippen LogP contribution in [0.5, 0.6) is 5.75 Å². The molecule has 0 saturated carbocycles. The van der Waals surface area contributed by atoms with Crippen molar-refractivity contribution in [3.8, 4) is 5.75 Å². The number of fused-ring (bicyclic) bond motifs is 1. The van der Waals surface area contributed by atoms with Gasteiger partial charge in [0.2, 0.25) is 0 Å². The molecule has 40 heavy (non-hydrogen) atoms. The van der Waals surface area contributed by atoms with Gasteiger partial charge in [-0.3, -0.25) is 9.69 Å². The molecular formula is C31H34ClF3N2O3. The molecule has 0 N–H and O–H groups in total. The number of benzene rings is 2. The van der Waals surface area contributed by atoms with Gasteiger partial charge in [0.15, 0.2) is 0 Å². The van der Waals surface area contributed by atoms with E-state index >= 15 is 0 Å². The number of carbonyl (C=O) groups is 1. The maximum Gasteiger partial charge on any atom is 0.417 e. The third-order valence-electron chi connectivity index (χ3n) is 7.25. The molecule has 0 saturated heterocycles. The molecular weight excluding hydrogens is 541 g/mol. The Morgan fingerprint density at radius 2 is 1.98 bits per heavy atom. The number of nitrogens with zero attached hydrogens (tertiary/aromatic N) is 2. The smallest absolute Gasteiger partial charge is 0.417 e. The monoisotopic (exact) mass is 574 g/mol. The summed E-state index contributed by atoms with van der Waals surface area (Å²) in [5.74, 6) is 1.04. The maximum absolute atomic E-state index is 13.5. The van der Waals surface area contributed by atoms with Crippen molar-refractivity contribution in [1.29, 1.82) is 0 Å². The molecule has 0 radical (unpaired) electrons. The first kappa shape index (κ1) is 29.7. The zero-order valence-electron chi connectivity index (χ0n) is 22.7. The number of alkyl halides is 3. The minimum atomic E-state index is -4.50. The van der Waals surface area contributed by atoms with Gasteiger partial charge in [-0.05, 0) is 54.5 Å². The largest absolute Gasteiger partial charge is 0.493 e. The molecule has 1 aliphatic carbocycles. The Bertz CT molecular complexity index is 1370. The maximum atomic E-state index is 13.5. The van der Waals surface area contributed by atoms with Gasteiger partial charge in [0.05, 0.1) is 29.8 Å². The Morgan fingerprint density at radius 3 is 2.70 bits per heavy atom. The van der Waals surface area contributed by atoms with E-state index in [9.17, 15) is 18.0 Å². The van der Waals surface area contributed by atoms with E-state index in [0.29, 0.717) is 55.8 Å². The second-order valence-corrected chi connectivity index (χ2v) is 10.5. The summed E-state index contributed by atoms with van der Waals surface area (Å²) in [6.07, 6.45) is 7.34. The molecule has 9 heteroatoms. The zero-order chi connectivity index (χ0) is 28.7. The number of hydrogen-bond acceptors (Lipinski definition) is 4. The fourth-order valence-electron chi connectivity index (χ4n) is 5.09. The number of allylic oxidation sites excluding steroid dienone is 4. The molecule has 2 aromatic carbocycles. The van der Waals surface area contributed by atoms with Crippen molar-refractivity contribution >= 4 is 28.5 Å². The summed E-state index contributed by atoms with van der Waals surface area (Å²) < 4.78 is 53.1. The van der Waals surface area contributed by atoms with Gasteiger partial charge in [-0.1, -0.05) is 61.0 Å². The third-order valence-corrected chi connectivity index (χ3v) is 7.69. The predicted molar refractivity (Wildman–Crippen MR) is 151 cm³/mol. The zero-order valence-corrected chi connectivity index (χ0v) is 23.4. The lowest BCUT2D eigenvalue weighted by Crippen LogP contribution is -2.33. The summed E-state index contributed by atoms with van der Waals surface area (Å²) in [7, 11) is 1.36. The SMILES string of the molecule is COC(=O)Cn1ccc2c(OCCCN(Cc3cccc(C(F)(F)F)c3Cl)C[C@H](C)C3C=CC=CC3)cccc21. The van der Waals surface area contributed by atoms with Crippen LogP contribution in [0, 0.1) is 11.8 Å². The van der Waals surface area contributed by atoms with E-state index in [4.69, 9.17) is 21.1 Å². The number of aromatic nitrogens is 1. The Labute approximate surface area is 237 Å². The van der Waals surface area contributed by atoms with Crippen molar-refractivity contribution in [3.63, 3.8) is 0 Å². The van der Waals surface area contributed by atoms with Crippen molar-refractivity contribution < 1.29 is 27.4 Å². The molecule has 3 aromatic rings. The van der Waals surface area contributed by atoms with Crippen LogP contribution >= 0.6 is 11.6 Å². The van der Waals surface area contributed by atoms with Crippen LogP contribution in [0.4, 0.5) is 13.2 Å². The molecule has 4 rings (SSSR count). The highest BCUT2D eigenvalue weighted by molar-refractivity contribution is 6.32. The van der Waals surface area contributed by atoms with Crippen LogP contribution in [0.1, 0.15) is 30.9 Å². The fraction of sp³-hybridized carbons (Fsp3) is 0.387. The highest BCUT2D eigenvalue weighted by Gasteiger charge is 2.34. The normalized spacial score (nSPS) is 16.0. The number of esters is 1. The van der Waals surface area contributed by atoms with E-state index in [1.165, 1.54) is 13.2 Å². The fourth-order valence-corrected chi connectivity index (χ4v) is 5.39. The minimum absolute atomic E-state index is 0.112. The van der Waals surface area contributed by atoms with E-state index in [2.05, 4.69) is 24.0 Å². The molecule has 0 aliphatic heterocycles. The second-order valence-electron chi connectivity index (χ2n) is 10.1. The Hall–Kier alpha value is -3.23. The lowest BCUT2D eigenvalue weighted by atomic mass is 9.88. The first-order chi connectivity index (χ1) is 19.2. The lowest BCUT2D eigenvalue weighted by Gasteiger charge is -2.30. The molecule has 5 nitrogen and oxygen atoms in total. The van der Waals surface area contributed by atoms with Crippen LogP contribution in [0.2, 0.25) is 5.02 Å². The lowest BCUT2D eigenvalue weighted by molar-refractivity contribution is -0.141. The van der Waals surface area contributed by atoms with E-state index < -0.39 is 11.7 Å². The van der Waals surface area contributed by atoms with Crippen molar-refractivity contribution in [2.24, 2.45) is 11.8 Å². The van der Waals surface area contributed by atoms with Gasteiger partial charge in [-0.25, -0.2) is 0 Å². The summed E-state index contributed by atoms with van der Waals surface area (Å²) in [4.78, 5) is 13.9. The summed E-state index contributed by atoms with van der Waals surface area (Å²) in [6.45, 7) is 4.36. The first-order valence-electron chi connectivity index (χ1n) is 13.3. The van der Waals surface area contributed by atoms with Gasteiger partial charge in [-0.15, -0.1) is 0 Å². The van der Waals surface area contributed by atoms with Gasteiger partial charge in [0.25, 0.3) is 0 Å². The molecule has 1 aliphatic rings. The van der Waals surface area contributed by atoms with E-state index in [1.54, 1.807) is 6.07 Å². The number of hydrogen-bond donors (Lipinski definition) is 0. The summed E-state index contributed by atoms with van der Waals surface area (Å²) >= 11 is 6.24. The molecule has 1 aromatic heterocycles. The van der Waals surface area contributed by atoms with Crippen LogP contribution in [-0.2, 0) is 28.8 Å². The van der Waals surface area contributed by atoms with E-state index in [-0.39, 0.29) is 17.5 Å². The van der Waals surface area contributed by atoms with Crippen LogP contribution in [0.15, 0.2) is 73.0 Å². The van der Waals surface area contributed by atoms with E-state index in [1.807, 2.05) is 47.2 Å². The Kier molecular flexibility index (Phi) is 9.98. The molecule has 0 amide bonds. The molecule has 0 spiro atoms. The minimum Gasteiger partial charge on any atom is -0.493 e. The predicted octanol–water partition coefficient (Wildman–Crippen LogP) is 7.53. The Balaban J connectivity index is 1.43. The van der Waals surface area contributed by atoms with Crippen molar-refractivity contribution in [2.45, 2.75) is 39.0 Å². The quantitative estimate of drug-likeness (QED) is 0.166. The molecule has 0 bridgehead atoms. The van der Waals surface area contributed by atoms with Crippen LogP contribution < -0.4 is 4.74 Å². The van der Waals surface area contributed by atoms with Crippen molar-refractivity contribution in [2.75, 3.05) is 26.8 Å². The van der Waals surface area contributed by atoms with E-state index in [0.717, 1.165) is 23.4 Å².